The lowest BCUT2D eigenvalue weighted by Gasteiger charge is -2.21. The van der Waals surface area contributed by atoms with Crippen LogP contribution in [0, 0.1) is 19.8 Å². The van der Waals surface area contributed by atoms with E-state index in [0.717, 1.165) is 16.8 Å². The number of anilines is 1. The van der Waals surface area contributed by atoms with Crippen LogP contribution in [-0.2, 0) is 14.3 Å². The van der Waals surface area contributed by atoms with Crippen molar-refractivity contribution in [1.29, 1.82) is 0 Å². The Hall–Kier alpha value is -2.95. The highest BCUT2D eigenvalue weighted by Gasteiger charge is 2.37. The molecule has 1 atom stereocenters. The maximum atomic E-state index is 12.4. The maximum absolute atomic E-state index is 12.4. The number of hydrogen-bond acceptors (Lipinski definition) is 4. The molecule has 1 aliphatic heterocycles. The first-order chi connectivity index (χ1) is 12.5. The summed E-state index contributed by atoms with van der Waals surface area (Å²) in [6.07, 6.45) is 0.103. The fourth-order valence-electron chi connectivity index (χ4n) is 3.27. The molecule has 0 saturated carbocycles. The Balaban J connectivity index is 1.63. The smallest absolute Gasteiger partial charge is 0.311 e. The number of aryl methyl sites for hydroxylation is 2. The van der Waals surface area contributed by atoms with E-state index in [9.17, 15) is 14.4 Å². The second kappa shape index (κ2) is 7.52. The summed E-state index contributed by atoms with van der Waals surface area (Å²) in [7, 11) is 0. The molecule has 0 unspecified atom stereocenters. The number of nitrogens with zero attached hydrogens (tertiary/aromatic N) is 1. The van der Waals surface area contributed by atoms with E-state index in [1.807, 2.05) is 38.1 Å². The number of carbonyl (C=O) groups is 3. The minimum atomic E-state index is -0.551. The molecule has 2 aromatic carbocycles. The van der Waals surface area contributed by atoms with Gasteiger partial charge >= 0.3 is 5.97 Å². The number of carbonyl (C=O) groups excluding carboxylic acids is 3. The van der Waals surface area contributed by atoms with Crippen LogP contribution in [0.2, 0.25) is 0 Å². The van der Waals surface area contributed by atoms with Gasteiger partial charge in [-0.05, 0) is 25.0 Å². The summed E-state index contributed by atoms with van der Waals surface area (Å²) in [6, 6.07) is 14.5. The third kappa shape index (κ3) is 3.67. The van der Waals surface area contributed by atoms with Crippen LogP contribution >= 0.6 is 0 Å². The van der Waals surface area contributed by atoms with Gasteiger partial charge in [0.1, 0.15) is 0 Å². The van der Waals surface area contributed by atoms with E-state index in [1.165, 1.54) is 0 Å². The molecule has 5 nitrogen and oxygen atoms in total. The van der Waals surface area contributed by atoms with Crippen LogP contribution in [0.15, 0.2) is 48.5 Å². The van der Waals surface area contributed by atoms with Crippen LogP contribution in [0.3, 0.4) is 0 Å². The molecule has 26 heavy (non-hydrogen) atoms. The third-order valence-corrected chi connectivity index (χ3v) is 4.61. The highest BCUT2D eigenvalue weighted by Crippen LogP contribution is 2.31. The van der Waals surface area contributed by atoms with Gasteiger partial charge in [0.25, 0.3) is 0 Å². The van der Waals surface area contributed by atoms with Crippen molar-refractivity contribution in [2.75, 3.05) is 18.1 Å². The van der Waals surface area contributed by atoms with Crippen molar-refractivity contribution >= 4 is 23.3 Å². The highest BCUT2D eigenvalue weighted by atomic mass is 16.5. The number of para-hydroxylation sites is 1. The first-order valence-electron chi connectivity index (χ1n) is 8.59. The van der Waals surface area contributed by atoms with Gasteiger partial charge in [0.2, 0.25) is 5.91 Å². The average Bonchev–Trinajstić information content (AvgIpc) is 3.01. The van der Waals surface area contributed by atoms with Crippen molar-refractivity contribution in [3.63, 3.8) is 0 Å². The quantitative estimate of drug-likeness (QED) is 0.613. The highest BCUT2D eigenvalue weighted by molar-refractivity contribution is 6.01. The van der Waals surface area contributed by atoms with Crippen LogP contribution < -0.4 is 4.90 Å². The molecule has 1 amide bonds. The van der Waals surface area contributed by atoms with Crippen LogP contribution in [-0.4, -0.2) is 30.8 Å². The summed E-state index contributed by atoms with van der Waals surface area (Å²) in [5, 5.41) is 0. The summed E-state index contributed by atoms with van der Waals surface area (Å²) >= 11 is 0. The van der Waals surface area contributed by atoms with Crippen molar-refractivity contribution in [3.8, 4) is 0 Å². The second-order valence-corrected chi connectivity index (χ2v) is 6.54. The number of Topliss-reactive ketones (excluding diaryl/α,β-unsaturated/α-hetero) is 1. The lowest BCUT2D eigenvalue weighted by atomic mass is 10.1. The molecule has 0 bridgehead atoms. The molecular weight excluding hydrogens is 330 g/mol. The maximum Gasteiger partial charge on any atom is 0.311 e. The number of hydrogen-bond donors (Lipinski definition) is 0. The molecule has 0 N–H and O–H groups in total. The van der Waals surface area contributed by atoms with E-state index < -0.39 is 11.9 Å². The van der Waals surface area contributed by atoms with E-state index in [0.29, 0.717) is 5.56 Å². The molecular formula is C21H21NO4. The zero-order valence-corrected chi connectivity index (χ0v) is 14.9. The van der Waals surface area contributed by atoms with Gasteiger partial charge in [0, 0.05) is 24.2 Å². The summed E-state index contributed by atoms with van der Waals surface area (Å²) in [5.41, 5.74) is 3.34. The van der Waals surface area contributed by atoms with Crippen molar-refractivity contribution in [2.45, 2.75) is 20.3 Å². The Labute approximate surface area is 152 Å². The molecule has 0 spiro atoms. The van der Waals surface area contributed by atoms with Gasteiger partial charge in [-0.1, -0.05) is 48.5 Å². The molecule has 2 aromatic rings. The van der Waals surface area contributed by atoms with Crippen molar-refractivity contribution in [1.82, 2.24) is 0 Å². The third-order valence-electron chi connectivity index (χ3n) is 4.61. The molecule has 1 aliphatic rings. The lowest BCUT2D eigenvalue weighted by molar-refractivity contribution is -0.147. The predicted molar refractivity (Wildman–Crippen MR) is 98.1 cm³/mol. The molecule has 3 rings (SSSR count). The normalized spacial score (nSPS) is 16.6. The summed E-state index contributed by atoms with van der Waals surface area (Å²) in [6.45, 7) is 3.86. The molecule has 1 saturated heterocycles. The van der Waals surface area contributed by atoms with Crippen molar-refractivity contribution in [3.05, 3.63) is 65.2 Å². The lowest BCUT2D eigenvalue weighted by Crippen LogP contribution is -2.28. The number of amides is 1. The topological polar surface area (TPSA) is 63.7 Å². The van der Waals surface area contributed by atoms with Gasteiger partial charge in [0.05, 0.1) is 5.92 Å². The van der Waals surface area contributed by atoms with Gasteiger partial charge in [-0.2, -0.15) is 0 Å². The fraction of sp³-hybridized carbons (Fsp3) is 0.286. The van der Waals surface area contributed by atoms with Crippen molar-refractivity contribution < 1.29 is 19.1 Å². The Bertz CT molecular complexity index is 824. The van der Waals surface area contributed by atoms with E-state index in [2.05, 4.69) is 0 Å². The van der Waals surface area contributed by atoms with Crippen LogP contribution in [0.4, 0.5) is 5.69 Å². The van der Waals surface area contributed by atoms with Crippen LogP contribution in [0.5, 0.6) is 0 Å². The van der Waals surface area contributed by atoms with E-state index in [4.69, 9.17) is 4.74 Å². The minimum absolute atomic E-state index is 0.0984. The average molecular weight is 351 g/mol. The van der Waals surface area contributed by atoms with Gasteiger partial charge in [0.15, 0.2) is 12.4 Å². The first-order valence-corrected chi connectivity index (χ1v) is 8.59. The molecule has 0 aromatic heterocycles. The number of benzene rings is 2. The Morgan fingerprint density at radius 1 is 1.04 bits per heavy atom. The van der Waals surface area contributed by atoms with E-state index in [1.54, 1.807) is 29.2 Å². The summed E-state index contributed by atoms with van der Waals surface area (Å²) in [5.74, 6) is -1.41. The fourth-order valence-corrected chi connectivity index (χ4v) is 3.27. The number of ketones is 1. The molecule has 1 fully saturated rings. The summed E-state index contributed by atoms with van der Waals surface area (Å²) < 4.78 is 5.17. The largest absolute Gasteiger partial charge is 0.457 e. The predicted octanol–water partition coefficient (Wildman–Crippen LogP) is 3.08. The minimum Gasteiger partial charge on any atom is -0.457 e. The molecule has 134 valence electrons. The second-order valence-electron chi connectivity index (χ2n) is 6.54. The zero-order valence-electron chi connectivity index (χ0n) is 14.9. The SMILES string of the molecule is Cc1cccc(C)c1N1C[C@@H](C(=O)OCC(=O)c2ccccc2)CC1=O. The molecule has 0 aliphatic carbocycles. The standard InChI is InChI=1S/C21H21NO4/c1-14-7-6-8-15(2)20(14)22-12-17(11-19(22)24)21(25)26-13-18(23)16-9-4-3-5-10-16/h3-10,17H,11-13H2,1-2H3/t17-/m0/s1. The number of ether oxygens (including phenoxy) is 1. The van der Waals surface area contributed by atoms with Gasteiger partial charge in [-0.3, -0.25) is 14.4 Å². The van der Waals surface area contributed by atoms with E-state index in [-0.39, 0.29) is 31.3 Å². The Morgan fingerprint density at radius 3 is 2.35 bits per heavy atom. The number of rotatable bonds is 5. The zero-order chi connectivity index (χ0) is 18.7. The Kier molecular flexibility index (Phi) is 5.16. The first kappa shape index (κ1) is 17.9. The van der Waals surface area contributed by atoms with Gasteiger partial charge in [-0.15, -0.1) is 0 Å². The van der Waals surface area contributed by atoms with E-state index >= 15 is 0 Å². The molecule has 0 radical (unpaired) electrons. The van der Waals surface area contributed by atoms with Crippen molar-refractivity contribution in [2.24, 2.45) is 5.92 Å². The Morgan fingerprint density at radius 2 is 1.69 bits per heavy atom. The monoisotopic (exact) mass is 351 g/mol. The van der Waals surface area contributed by atoms with Gasteiger partial charge in [-0.25, -0.2) is 0 Å². The molecule has 1 heterocycles. The van der Waals surface area contributed by atoms with Crippen LogP contribution in [0.1, 0.15) is 27.9 Å². The molecule has 5 heteroatoms. The summed E-state index contributed by atoms with van der Waals surface area (Å²) in [4.78, 5) is 38.4. The van der Waals surface area contributed by atoms with Gasteiger partial charge < -0.3 is 9.64 Å². The van der Waals surface area contributed by atoms with Crippen LogP contribution in [0.25, 0.3) is 0 Å². The number of esters is 1.